The Kier molecular flexibility index (Phi) is 16.0. The molecule has 0 saturated carbocycles. The Bertz CT molecular complexity index is 1020. The van der Waals surface area contributed by atoms with Crippen LogP contribution in [0.2, 0.25) is 144 Å². The molecule has 9 atom stereocenters. The second kappa shape index (κ2) is 16.9. The lowest BCUT2D eigenvalue weighted by atomic mass is 9.97. The van der Waals surface area contributed by atoms with Gasteiger partial charge in [-0.25, -0.2) is 0 Å². The van der Waals surface area contributed by atoms with Gasteiger partial charge < -0.3 is 40.8 Å². The Morgan fingerprint density at radius 3 is 1.08 bits per heavy atom. The van der Waals surface area contributed by atoms with Crippen LogP contribution in [-0.2, 0) is 40.8 Å². The first-order valence-electron chi connectivity index (χ1n) is 18.6. The van der Waals surface area contributed by atoms with Gasteiger partial charge in [-0.3, -0.25) is 0 Å². The number of rotatable bonds is 18. The Hall–Kier alpha value is 1.16. The molecule has 2 aliphatic heterocycles. The molecule has 2 heterocycles. The van der Waals surface area contributed by atoms with Crippen molar-refractivity contribution in [2.24, 2.45) is 0 Å². The fourth-order valence-electron chi connectivity index (χ4n) is 5.99. The van der Waals surface area contributed by atoms with Gasteiger partial charge in [0.05, 0.1) is 18.8 Å². The molecule has 0 aromatic rings. The van der Waals surface area contributed by atoms with E-state index in [1.807, 2.05) is 0 Å². The van der Waals surface area contributed by atoms with Gasteiger partial charge in [-0.2, -0.15) is 0 Å². The van der Waals surface area contributed by atoms with Crippen LogP contribution in [0.4, 0.5) is 0 Å². The molecule has 0 spiro atoms. The van der Waals surface area contributed by atoms with Crippen molar-refractivity contribution < 1.29 is 40.8 Å². The van der Waals surface area contributed by atoms with Crippen molar-refractivity contribution in [2.75, 3.05) is 6.61 Å². The lowest BCUT2D eigenvalue weighted by Crippen LogP contribution is -2.65. The second-order valence-corrected chi connectivity index (χ2v) is 53.6. The summed E-state index contributed by atoms with van der Waals surface area (Å²) in [6.07, 6.45) is -2.46. The first-order valence-corrected chi connectivity index (χ1v) is 42.8. The number of ether oxygens (including phenoxy) is 3. The van der Waals surface area contributed by atoms with E-state index < -0.39 is 82.8 Å². The van der Waals surface area contributed by atoms with Crippen molar-refractivity contribution in [1.82, 2.24) is 0 Å². The molecular formula is C33H78O9Si7. The maximum atomic E-state index is 7.09. The monoisotopic (exact) mass is 814 g/mol. The van der Waals surface area contributed by atoms with E-state index in [2.05, 4.69) is 137 Å². The molecule has 9 nitrogen and oxygen atoms in total. The molecule has 2 rings (SSSR count). The third kappa shape index (κ3) is 17.9. The topological polar surface area (TPSA) is 83.1 Å². The average Bonchev–Trinajstić information content (AvgIpc) is 3.08. The molecule has 0 aliphatic carbocycles. The van der Waals surface area contributed by atoms with Crippen LogP contribution in [0.25, 0.3) is 0 Å². The largest absolute Gasteiger partial charge is 0.409 e. The molecule has 2 saturated heterocycles. The summed E-state index contributed by atoms with van der Waals surface area (Å²) >= 11 is 0. The van der Waals surface area contributed by atoms with Gasteiger partial charge >= 0.3 is 0 Å². The van der Waals surface area contributed by atoms with Crippen LogP contribution in [0, 0.1) is 0 Å². The molecular weight excluding hydrogens is 737 g/mol. The summed E-state index contributed by atoms with van der Waals surface area (Å²) in [6, 6.07) is 1.12. The number of hydrogen-bond donors (Lipinski definition) is 0. The van der Waals surface area contributed by atoms with Crippen LogP contribution < -0.4 is 0 Å². The van der Waals surface area contributed by atoms with Gasteiger partial charge in [0.25, 0.3) is 0 Å². The Morgan fingerprint density at radius 2 is 0.694 bits per heavy atom. The van der Waals surface area contributed by atoms with Gasteiger partial charge in [0.1, 0.15) is 30.5 Å². The predicted octanol–water partition coefficient (Wildman–Crippen LogP) is 9.13. The van der Waals surface area contributed by atoms with E-state index in [-0.39, 0.29) is 37.1 Å². The summed E-state index contributed by atoms with van der Waals surface area (Å²) in [4.78, 5) is 0. The minimum Gasteiger partial charge on any atom is -0.409 e. The molecule has 0 N–H and O–H groups in total. The molecule has 2 aliphatic rings. The van der Waals surface area contributed by atoms with E-state index in [4.69, 9.17) is 40.8 Å². The highest BCUT2D eigenvalue weighted by atomic mass is 28.4. The van der Waals surface area contributed by atoms with Crippen molar-refractivity contribution in [3.05, 3.63) is 0 Å². The van der Waals surface area contributed by atoms with Crippen molar-refractivity contribution in [2.45, 2.75) is 205 Å². The fraction of sp³-hybridized carbons (Fsp3) is 1.00. The average molecular weight is 816 g/mol. The van der Waals surface area contributed by atoms with E-state index in [1.165, 1.54) is 0 Å². The Morgan fingerprint density at radius 1 is 0.367 bits per heavy atom. The van der Waals surface area contributed by atoms with Crippen molar-refractivity contribution in [3.63, 3.8) is 0 Å². The number of hydrogen-bond acceptors (Lipinski definition) is 9. The van der Waals surface area contributed by atoms with E-state index in [1.54, 1.807) is 0 Å². The summed E-state index contributed by atoms with van der Waals surface area (Å²) in [5.41, 5.74) is 0. The standard InChI is InChI=1S/C33H78O9Si7/c1-43(2,3)23-22-25-27(37-44(4,5)6)29(39-46(10,11)12)31(41-48(16,17)18)32(35-25)34-24-26-28(38-45(7,8)9)30(40-47(13,14)15)33(36-26)42-49(19,20)21/h25-33H,22-24H2,1-21H3/t25-,26-,27-,28-,29+,30+,31-,32+,33+/m1/s1. The quantitative estimate of drug-likeness (QED) is 0.126. The molecule has 0 aromatic heterocycles. The first-order chi connectivity index (χ1) is 21.6. The van der Waals surface area contributed by atoms with E-state index in [0.29, 0.717) is 0 Å². The summed E-state index contributed by atoms with van der Waals surface area (Å²) in [7, 11) is -13.5. The molecule has 0 unspecified atom stereocenters. The minimum absolute atomic E-state index is 0.171. The van der Waals surface area contributed by atoms with Crippen LogP contribution in [0.15, 0.2) is 0 Å². The minimum atomic E-state index is -2.09. The summed E-state index contributed by atoms with van der Waals surface area (Å²) < 4.78 is 62.2. The molecule has 292 valence electrons. The third-order valence-corrected chi connectivity index (χ3v) is 15.0. The van der Waals surface area contributed by atoms with Crippen LogP contribution >= 0.6 is 0 Å². The molecule has 16 heteroatoms. The normalized spacial score (nSPS) is 31.4. The molecule has 0 aromatic carbocycles. The highest BCUT2D eigenvalue weighted by Gasteiger charge is 2.54. The van der Waals surface area contributed by atoms with Crippen LogP contribution in [0.5, 0.6) is 0 Å². The molecule has 2 fully saturated rings. The Labute approximate surface area is 309 Å². The van der Waals surface area contributed by atoms with E-state index in [9.17, 15) is 0 Å². The maximum absolute atomic E-state index is 7.09. The zero-order valence-corrected chi connectivity index (χ0v) is 42.5. The second-order valence-electron chi connectivity index (χ2n) is 21.2. The molecule has 0 bridgehead atoms. The van der Waals surface area contributed by atoms with Gasteiger partial charge in [0.2, 0.25) is 0 Å². The van der Waals surface area contributed by atoms with Gasteiger partial charge in [-0.05, 0) is 124 Å². The fourth-order valence-corrected chi connectivity index (χ4v) is 13.4. The third-order valence-electron chi connectivity index (χ3n) is 7.38. The van der Waals surface area contributed by atoms with Gasteiger partial charge in [-0.15, -0.1) is 0 Å². The highest BCUT2D eigenvalue weighted by molar-refractivity contribution is 6.76. The predicted molar refractivity (Wildman–Crippen MR) is 222 cm³/mol. The SMILES string of the molecule is C[Si](C)(C)CC[C@H]1O[C@H](OC[C@H]2O[C@@H](O[Si](C)(C)C)[C@@H](O[Si](C)(C)C)[C@@H]2O[Si](C)(C)C)[C@H](O[Si](C)(C)C)[C@@H](O[Si](C)(C)C)[C@@H]1O[Si](C)(C)C. The van der Waals surface area contributed by atoms with E-state index in [0.717, 1.165) is 12.5 Å². The van der Waals surface area contributed by atoms with Gasteiger partial charge in [0, 0.05) is 8.07 Å². The van der Waals surface area contributed by atoms with Crippen molar-refractivity contribution in [1.29, 1.82) is 0 Å². The van der Waals surface area contributed by atoms with Crippen LogP contribution in [0.1, 0.15) is 6.42 Å². The zero-order chi connectivity index (χ0) is 38.2. The van der Waals surface area contributed by atoms with Crippen LogP contribution in [0.3, 0.4) is 0 Å². The van der Waals surface area contributed by atoms with Gasteiger partial charge in [-0.1, -0.05) is 25.7 Å². The lowest BCUT2D eigenvalue weighted by molar-refractivity contribution is -0.293. The zero-order valence-electron chi connectivity index (χ0n) is 35.5. The van der Waals surface area contributed by atoms with Gasteiger partial charge in [0.15, 0.2) is 62.5 Å². The molecule has 49 heavy (non-hydrogen) atoms. The smallest absolute Gasteiger partial charge is 0.187 e. The molecule has 0 radical (unpaired) electrons. The maximum Gasteiger partial charge on any atom is 0.187 e. The van der Waals surface area contributed by atoms with Crippen molar-refractivity contribution >= 4 is 58.0 Å². The summed E-state index contributed by atoms with van der Waals surface area (Å²) in [5, 5.41) is 0. The van der Waals surface area contributed by atoms with Crippen LogP contribution in [-0.4, -0.2) is 120 Å². The molecule has 0 amide bonds. The van der Waals surface area contributed by atoms with E-state index >= 15 is 0 Å². The summed E-state index contributed by atoms with van der Waals surface area (Å²) in [6.45, 7) is 47.5. The Balaban J connectivity index is 2.60. The highest BCUT2D eigenvalue weighted by Crippen LogP contribution is 2.38. The lowest BCUT2D eigenvalue weighted by Gasteiger charge is -2.51. The van der Waals surface area contributed by atoms with Crippen molar-refractivity contribution in [3.8, 4) is 0 Å². The summed E-state index contributed by atoms with van der Waals surface area (Å²) in [5.74, 6) is 0. The first kappa shape index (κ1) is 46.3.